The molecular formula is C20H30N2O3S. The van der Waals surface area contributed by atoms with Gasteiger partial charge in [-0.15, -0.1) is 11.3 Å². The van der Waals surface area contributed by atoms with E-state index in [1.165, 1.54) is 23.3 Å². The Kier molecular flexibility index (Phi) is 7.08. The lowest BCUT2D eigenvalue weighted by molar-refractivity contribution is -0.125. The number of methoxy groups -OCH3 is 1. The molecule has 1 saturated heterocycles. The SMILES string of the molecule is COCCCNC(=O)C1CCc2sc(C(=O)N3CCCCCC3)cc2C1. The Morgan fingerprint density at radius 1 is 1.27 bits per heavy atom. The molecule has 0 aromatic carbocycles. The molecule has 0 saturated carbocycles. The summed E-state index contributed by atoms with van der Waals surface area (Å²) in [5.41, 5.74) is 1.21. The number of likely N-dealkylation sites (tertiary alicyclic amines) is 1. The maximum absolute atomic E-state index is 12.8. The van der Waals surface area contributed by atoms with Crippen LogP contribution in [-0.2, 0) is 22.4 Å². The summed E-state index contributed by atoms with van der Waals surface area (Å²) in [4.78, 5) is 29.4. The van der Waals surface area contributed by atoms with Crippen LogP contribution in [0.15, 0.2) is 6.07 Å². The fourth-order valence-electron chi connectivity index (χ4n) is 3.85. The third-order valence-electron chi connectivity index (χ3n) is 5.38. The Labute approximate surface area is 160 Å². The summed E-state index contributed by atoms with van der Waals surface area (Å²) in [5.74, 6) is 0.353. The molecule has 1 N–H and O–H groups in total. The second-order valence-electron chi connectivity index (χ2n) is 7.34. The highest BCUT2D eigenvalue weighted by Crippen LogP contribution is 2.33. The third-order valence-corrected chi connectivity index (χ3v) is 6.61. The van der Waals surface area contributed by atoms with Gasteiger partial charge >= 0.3 is 0 Å². The zero-order valence-electron chi connectivity index (χ0n) is 15.7. The molecule has 2 aliphatic rings. The molecule has 6 heteroatoms. The van der Waals surface area contributed by atoms with Crippen molar-refractivity contribution in [1.82, 2.24) is 10.2 Å². The van der Waals surface area contributed by atoms with Gasteiger partial charge in [0, 0.05) is 44.1 Å². The summed E-state index contributed by atoms with van der Waals surface area (Å²) in [7, 11) is 1.67. The van der Waals surface area contributed by atoms with Gasteiger partial charge < -0.3 is 15.0 Å². The molecule has 1 unspecified atom stereocenters. The Balaban J connectivity index is 1.58. The molecule has 144 valence electrons. The van der Waals surface area contributed by atoms with Crippen molar-refractivity contribution < 1.29 is 14.3 Å². The molecule has 1 aromatic heterocycles. The number of carbonyl (C=O) groups excluding carboxylic acids is 2. The minimum atomic E-state index is 0.0285. The average Bonchev–Trinajstić information content (AvgIpc) is 2.89. The number of hydrogen-bond donors (Lipinski definition) is 1. The van der Waals surface area contributed by atoms with Crippen molar-refractivity contribution in [2.75, 3.05) is 33.4 Å². The number of thiophene rings is 1. The summed E-state index contributed by atoms with van der Waals surface area (Å²) in [5, 5.41) is 3.02. The van der Waals surface area contributed by atoms with Gasteiger partial charge in [-0.3, -0.25) is 9.59 Å². The van der Waals surface area contributed by atoms with E-state index in [0.717, 1.165) is 56.5 Å². The average molecular weight is 379 g/mol. The Hall–Kier alpha value is -1.40. The zero-order valence-corrected chi connectivity index (χ0v) is 16.5. The topological polar surface area (TPSA) is 58.6 Å². The molecule has 2 amide bonds. The predicted octanol–water partition coefficient (Wildman–Crippen LogP) is 3.02. The monoisotopic (exact) mass is 378 g/mol. The lowest BCUT2D eigenvalue weighted by Gasteiger charge is -2.21. The van der Waals surface area contributed by atoms with Crippen LogP contribution in [0.1, 0.15) is 58.6 Å². The number of hydrogen-bond acceptors (Lipinski definition) is 4. The van der Waals surface area contributed by atoms with E-state index in [9.17, 15) is 9.59 Å². The lowest BCUT2D eigenvalue weighted by atomic mass is 9.87. The van der Waals surface area contributed by atoms with Gasteiger partial charge in [0.2, 0.25) is 5.91 Å². The minimum absolute atomic E-state index is 0.0285. The third kappa shape index (κ3) is 4.86. The number of fused-ring (bicyclic) bond motifs is 1. The molecule has 1 aromatic rings. The van der Waals surface area contributed by atoms with E-state index in [0.29, 0.717) is 13.2 Å². The minimum Gasteiger partial charge on any atom is -0.385 e. The quantitative estimate of drug-likeness (QED) is 0.774. The molecule has 5 nitrogen and oxygen atoms in total. The largest absolute Gasteiger partial charge is 0.385 e. The number of ether oxygens (including phenoxy) is 1. The normalized spacial score (nSPS) is 20.3. The van der Waals surface area contributed by atoms with Crippen molar-refractivity contribution in [2.24, 2.45) is 5.92 Å². The van der Waals surface area contributed by atoms with Crippen molar-refractivity contribution in [3.05, 3.63) is 21.4 Å². The number of amides is 2. The van der Waals surface area contributed by atoms with Crippen LogP contribution in [0, 0.1) is 5.92 Å². The van der Waals surface area contributed by atoms with Gasteiger partial charge in [-0.1, -0.05) is 12.8 Å². The molecule has 1 fully saturated rings. The van der Waals surface area contributed by atoms with Gasteiger partial charge in [-0.25, -0.2) is 0 Å². The second kappa shape index (κ2) is 9.51. The standard InChI is InChI=1S/C20H30N2O3S/c1-25-12-6-9-21-19(23)15-7-8-17-16(13-15)14-18(26-17)20(24)22-10-4-2-3-5-11-22/h14-15H,2-13H2,1H3,(H,21,23). The molecule has 3 rings (SSSR count). The molecule has 0 bridgehead atoms. The summed E-state index contributed by atoms with van der Waals surface area (Å²) >= 11 is 1.64. The number of nitrogens with zero attached hydrogens (tertiary/aromatic N) is 1. The van der Waals surface area contributed by atoms with Crippen LogP contribution >= 0.6 is 11.3 Å². The van der Waals surface area contributed by atoms with Crippen molar-refractivity contribution in [3.63, 3.8) is 0 Å². The molecule has 2 heterocycles. The van der Waals surface area contributed by atoms with Crippen molar-refractivity contribution in [1.29, 1.82) is 0 Å². The molecule has 1 atom stereocenters. The Bertz CT molecular complexity index is 621. The first-order valence-corrected chi connectivity index (χ1v) is 10.7. The zero-order chi connectivity index (χ0) is 18.4. The summed E-state index contributed by atoms with van der Waals surface area (Å²) in [6, 6.07) is 2.05. The van der Waals surface area contributed by atoms with Gasteiger partial charge in [0.25, 0.3) is 5.91 Å². The first kappa shape index (κ1) is 19.4. The molecule has 1 aliphatic heterocycles. The van der Waals surface area contributed by atoms with Crippen LogP contribution in [0.2, 0.25) is 0 Å². The van der Waals surface area contributed by atoms with Crippen LogP contribution in [0.5, 0.6) is 0 Å². The van der Waals surface area contributed by atoms with E-state index in [-0.39, 0.29) is 17.7 Å². The van der Waals surface area contributed by atoms with E-state index in [1.54, 1.807) is 18.4 Å². The number of nitrogens with one attached hydrogen (secondary N) is 1. The summed E-state index contributed by atoms with van der Waals surface area (Å²) in [6.45, 7) is 3.10. The van der Waals surface area contributed by atoms with E-state index < -0.39 is 0 Å². The highest BCUT2D eigenvalue weighted by atomic mass is 32.1. The second-order valence-corrected chi connectivity index (χ2v) is 8.48. The van der Waals surface area contributed by atoms with Gasteiger partial charge in [0.1, 0.15) is 0 Å². The number of carbonyl (C=O) groups is 2. The molecule has 0 spiro atoms. The van der Waals surface area contributed by atoms with Crippen molar-refractivity contribution in [3.8, 4) is 0 Å². The Morgan fingerprint density at radius 2 is 2.04 bits per heavy atom. The van der Waals surface area contributed by atoms with E-state index in [4.69, 9.17) is 4.74 Å². The van der Waals surface area contributed by atoms with Gasteiger partial charge in [-0.2, -0.15) is 0 Å². The molecular weight excluding hydrogens is 348 g/mol. The number of rotatable bonds is 6. The van der Waals surface area contributed by atoms with E-state index in [2.05, 4.69) is 11.4 Å². The fraction of sp³-hybridized carbons (Fsp3) is 0.700. The van der Waals surface area contributed by atoms with Crippen LogP contribution in [0.4, 0.5) is 0 Å². The molecule has 26 heavy (non-hydrogen) atoms. The molecule has 0 radical (unpaired) electrons. The van der Waals surface area contributed by atoms with Crippen LogP contribution in [-0.4, -0.2) is 50.1 Å². The van der Waals surface area contributed by atoms with E-state index in [1.807, 2.05) is 4.90 Å². The summed E-state index contributed by atoms with van der Waals surface area (Å²) in [6.07, 6.45) is 8.06. The maximum atomic E-state index is 12.8. The van der Waals surface area contributed by atoms with Gasteiger partial charge in [0.05, 0.1) is 4.88 Å². The summed E-state index contributed by atoms with van der Waals surface area (Å²) < 4.78 is 5.01. The predicted molar refractivity (Wildman–Crippen MR) is 104 cm³/mol. The van der Waals surface area contributed by atoms with Crippen LogP contribution in [0.25, 0.3) is 0 Å². The fourth-order valence-corrected chi connectivity index (χ4v) is 5.03. The maximum Gasteiger partial charge on any atom is 0.263 e. The van der Waals surface area contributed by atoms with E-state index >= 15 is 0 Å². The van der Waals surface area contributed by atoms with Gasteiger partial charge in [0.15, 0.2) is 0 Å². The van der Waals surface area contributed by atoms with Crippen molar-refractivity contribution in [2.45, 2.75) is 51.4 Å². The highest BCUT2D eigenvalue weighted by Gasteiger charge is 2.28. The van der Waals surface area contributed by atoms with Crippen LogP contribution < -0.4 is 5.32 Å². The first-order valence-electron chi connectivity index (χ1n) is 9.86. The van der Waals surface area contributed by atoms with Crippen molar-refractivity contribution >= 4 is 23.2 Å². The van der Waals surface area contributed by atoms with Gasteiger partial charge in [-0.05, 0) is 50.2 Å². The highest BCUT2D eigenvalue weighted by molar-refractivity contribution is 7.14. The Morgan fingerprint density at radius 3 is 2.77 bits per heavy atom. The van der Waals surface area contributed by atoms with Crippen LogP contribution in [0.3, 0.4) is 0 Å². The molecule has 1 aliphatic carbocycles. The first-order chi connectivity index (χ1) is 12.7. The number of aryl methyl sites for hydroxylation is 1. The lowest BCUT2D eigenvalue weighted by Crippen LogP contribution is -2.34. The smallest absolute Gasteiger partial charge is 0.263 e.